The largest absolute Gasteiger partial charge is 0.496 e. The molecule has 5 amide bonds. The van der Waals surface area contributed by atoms with Crippen molar-refractivity contribution in [3.05, 3.63) is 74.5 Å². The number of hydrogen-bond donors (Lipinski definition) is 2. The number of carbonyl (C=O) groups excluding carboxylic acids is 5. The molecule has 0 spiro atoms. The number of carbonyl (C=O) groups is 5. The number of thiophene rings is 1. The van der Waals surface area contributed by atoms with Crippen LogP contribution in [0.1, 0.15) is 80.9 Å². The van der Waals surface area contributed by atoms with Crippen molar-refractivity contribution in [3.8, 4) is 28.4 Å². The zero-order valence-electron chi connectivity index (χ0n) is 34.7. The zero-order chi connectivity index (χ0) is 43.9. The number of imide groups is 2. The van der Waals surface area contributed by atoms with Gasteiger partial charge in [-0.25, -0.2) is 8.78 Å². The van der Waals surface area contributed by atoms with Gasteiger partial charge in [0, 0.05) is 43.0 Å². The number of aromatic nitrogens is 1. The monoisotopic (exact) mass is 874 g/mol. The molecule has 0 bridgehead atoms. The topological polar surface area (TPSA) is 169 Å². The van der Waals surface area contributed by atoms with Crippen LogP contribution in [0.2, 0.25) is 0 Å². The molecule has 328 valence electrons. The van der Waals surface area contributed by atoms with Crippen LogP contribution in [0, 0.1) is 0 Å². The number of ether oxygens (including phenoxy) is 3. The maximum absolute atomic E-state index is 15.6. The summed E-state index contributed by atoms with van der Waals surface area (Å²) in [6, 6.07) is 7.35. The molecule has 3 saturated heterocycles. The third-order valence-electron chi connectivity index (χ3n) is 12.1. The molecule has 0 saturated carbocycles. The fourth-order valence-corrected chi connectivity index (χ4v) is 9.66. The number of amides is 5. The first kappa shape index (κ1) is 42.9. The van der Waals surface area contributed by atoms with Crippen LogP contribution in [0.5, 0.6) is 17.2 Å². The number of alkyl halides is 2. The summed E-state index contributed by atoms with van der Waals surface area (Å²) in [5.74, 6) is -4.55. The number of aryl methyl sites for hydroxylation is 1. The average Bonchev–Trinajstić information content (AvgIpc) is 3.78. The maximum atomic E-state index is 15.6. The molecule has 4 aliphatic heterocycles. The SMILES string of the molecule is COc1cc(-c2cn(C)c(=O)c3cc(C(=O)NC4CCN(CCCCCOc5ccc6c(c5)C(=O)N(C5CCC(=O)NC5=O)C6=O)CC4(F)F)sc23)cc(OC)c1CN1CCC1. The second kappa shape index (κ2) is 17.6. The smallest absolute Gasteiger partial charge is 0.280 e. The highest BCUT2D eigenvalue weighted by molar-refractivity contribution is 7.21. The maximum Gasteiger partial charge on any atom is 0.280 e. The molecule has 2 unspecified atom stereocenters. The van der Waals surface area contributed by atoms with Crippen LogP contribution in [-0.4, -0.2) is 120 Å². The summed E-state index contributed by atoms with van der Waals surface area (Å²) < 4.78 is 50.6. The Morgan fingerprint density at radius 3 is 2.32 bits per heavy atom. The Balaban J connectivity index is 0.835. The lowest BCUT2D eigenvalue weighted by Gasteiger charge is -2.38. The molecule has 18 heteroatoms. The van der Waals surface area contributed by atoms with Crippen molar-refractivity contribution in [1.82, 2.24) is 29.9 Å². The van der Waals surface area contributed by atoms with Crippen LogP contribution in [-0.2, 0) is 23.2 Å². The van der Waals surface area contributed by atoms with Gasteiger partial charge in [0.25, 0.3) is 29.2 Å². The van der Waals surface area contributed by atoms with Crippen molar-refractivity contribution in [2.45, 2.75) is 69.5 Å². The van der Waals surface area contributed by atoms with Crippen molar-refractivity contribution < 1.29 is 47.0 Å². The van der Waals surface area contributed by atoms with E-state index in [1.54, 1.807) is 38.4 Å². The molecule has 15 nitrogen and oxygen atoms in total. The Labute approximate surface area is 359 Å². The molecule has 3 fully saturated rings. The number of nitrogens with one attached hydrogen (secondary N) is 2. The number of benzene rings is 2. The number of rotatable bonds is 15. The van der Waals surface area contributed by atoms with E-state index in [1.165, 1.54) is 22.8 Å². The van der Waals surface area contributed by atoms with Gasteiger partial charge in [-0.05, 0) is 100 Å². The number of unbranched alkanes of at least 4 members (excludes halogenated alkanes) is 2. The van der Waals surface area contributed by atoms with Gasteiger partial charge >= 0.3 is 0 Å². The number of nitrogens with zero attached hydrogens (tertiary/aromatic N) is 4. The van der Waals surface area contributed by atoms with Crippen LogP contribution in [0.4, 0.5) is 8.78 Å². The molecule has 2 atom stereocenters. The van der Waals surface area contributed by atoms with E-state index in [4.69, 9.17) is 14.2 Å². The second-order valence-corrected chi connectivity index (χ2v) is 17.3. The predicted molar refractivity (Wildman–Crippen MR) is 225 cm³/mol. The number of piperidine rings is 2. The minimum Gasteiger partial charge on any atom is -0.496 e. The summed E-state index contributed by atoms with van der Waals surface area (Å²) in [6.45, 7) is 3.23. The van der Waals surface area contributed by atoms with E-state index in [9.17, 15) is 28.8 Å². The molecule has 2 aromatic carbocycles. The van der Waals surface area contributed by atoms with E-state index in [0.29, 0.717) is 78.4 Å². The lowest BCUT2D eigenvalue weighted by molar-refractivity contribution is -0.136. The molecular formula is C44H48F2N6O9S. The molecule has 6 heterocycles. The summed E-state index contributed by atoms with van der Waals surface area (Å²) in [5, 5.41) is 5.05. The van der Waals surface area contributed by atoms with Gasteiger partial charge < -0.3 is 24.1 Å². The van der Waals surface area contributed by atoms with Gasteiger partial charge in [0.05, 0.1) is 60.4 Å². The molecule has 62 heavy (non-hydrogen) atoms. The van der Waals surface area contributed by atoms with Crippen LogP contribution < -0.4 is 30.4 Å². The van der Waals surface area contributed by atoms with Crippen molar-refractivity contribution in [3.63, 3.8) is 0 Å². The first-order valence-electron chi connectivity index (χ1n) is 20.8. The van der Waals surface area contributed by atoms with Crippen LogP contribution in [0.15, 0.2) is 47.4 Å². The summed E-state index contributed by atoms with van der Waals surface area (Å²) in [5.41, 5.74) is 2.30. The Morgan fingerprint density at radius 1 is 0.903 bits per heavy atom. The minimum absolute atomic E-state index is 0.0290. The number of methoxy groups -OCH3 is 2. The van der Waals surface area contributed by atoms with Gasteiger partial charge in [-0.15, -0.1) is 11.3 Å². The quantitative estimate of drug-likeness (QED) is 0.127. The second-order valence-electron chi connectivity index (χ2n) is 16.2. The predicted octanol–water partition coefficient (Wildman–Crippen LogP) is 4.58. The molecule has 0 radical (unpaired) electrons. The number of likely N-dealkylation sites (tertiary alicyclic amines) is 2. The summed E-state index contributed by atoms with van der Waals surface area (Å²) in [4.78, 5) is 81.8. The normalized spacial score (nSPS) is 20.2. The van der Waals surface area contributed by atoms with Crippen molar-refractivity contribution >= 4 is 51.0 Å². The summed E-state index contributed by atoms with van der Waals surface area (Å²) >= 11 is 1.09. The third-order valence-corrected chi connectivity index (χ3v) is 13.3. The van der Waals surface area contributed by atoms with E-state index in [0.717, 1.165) is 46.9 Å². The summed E-state index contributed by atoms with van der Waals surface area (Å²) in [6.07, 6.45) is 4.90. The molecule has 0 aliphatic carbocycles. The van der Waals surface area contributed by atoms with Crippen LogP contribution in [0.25, 0.3) is 21.2 Å². The Bertz CT molecular complexity index is 2490. The third kappa shape index (κ3) is 8.42. The van der Waals surface area contributed by atoms with E-state index in [2.05, 4.69) is 15.5 Å². The Hall–Kier alpha value is -5.72. The van der Waals surface area contributed by atoms with Crippen molar-refractivity contribution in [1.29, 1.82) is 0 Å². The molecule has 4 aromatic rings. The molecular weight excluding hydrogens is 827 g/mol. The van der Waals surface area contributed by atoms with Crippen molar-refractivity contribution in [2.75, 3.05) is 53.6 Å². The van der Waals surface area contributed by atoms with Crippen LogP contribution >= 0.6 is 11.3 Å². The van der Waals surface area contributed by atoms with Gasteiger partial charge in [0.15, 0.2) is 0 Å². The standard InChI is InChI=1S/C44H48F2N6O9S/c1-49-22-30(25-18-33(59-2)31(34(19-25)60-3)23-50-14-7-15-50)38-29(41(49)56)21-35(62-38)40(55)47-36-12-16-51(24-44(36,45)46)13-5-4-6-17-61-26-8-9-27-28(20-26)43(58)52(42(27)57)32-10-11-37(53)48-39(32)54/h8-9,18-22,32,36H,4-7,10-17,23-24H2,1-3H3,(H,47,55)(H,48,53,54). The minimum atomic E-state index is -3.19. The highest BCUT2D eigenvalue weighted by Crippen LogP contribution is 2.41. The fourth-order valence-electron chi connectivity index (χ4n) is 8.58. The first-order chi connectivity index (χ1) is 29.8. The lowest BCUT2D eigenvalue weighted by Crippen LogP contribution is -2.58. The van der Waals surface area contributed by atoms with Gasteiger partial charge in [0.1, 0.15) is 23.3 Å². The van der Waals surface area contributed by atoms with E-state index in [-0.39, 0.29) is 40.8 Å². The molecule has 2 aromatic heterocycles. The highest BCUT2D eigenvalue weighted by atomic mass is 32.1. The number of hydrogen-bond acceptors (Lipinski definition) is 12. The Kier molecular flexibility index (Phi) is 12.2. The number of fused-ring (bicyclic) bond motifs is 2. The molecule has 4 aliphatic rings. The number of pyridine rings is 1. The summed E-state index contributed by atoms with van der Waals surface area (Å²) in [7, 11) is 4.82. The first-order valence-corrected chi connectivity index (χ1v) is 21.6. The lowest BCUT2D eigenvalue weighted by atomic mass is 10.00. The van der Waals surface area contributed by atoms with Crippen molar-refractivity contribution in [2.24, 2.45) is 7.05 Å². The molecule has 2 N–H and O–H groups in total. The van der Waals surface area contributed by atoms with E-state index in [1.807, 2.05) is 12.1 Å². The highest BCUT2D eigenvalue weighted by Gasteiger charge is 2.46. The fraction of sp³-hybridized carbons (Fsp3) is 0.455. The van der Waals surface area contributed by atoms with Gasteiger partial charge in [-0.1, -0.05) is 0 Å². The van der Waals surface area contributed by atoms with Gasteiger partial charge in [-0.3, -0.25) is 48.8 Å². The van der Waals surface area contributed by atoms with E-state index < -0.39 is 54.1 Å². The van der Waals surface area contributed by atoms with Crippen LogP contribution in [0.3, 0.4) is 0 Å². The molecule has 8 rings (SSSR count). The van der Waals surface area contributed by atoms with E-state index >= 15 is 8.78 Å². The zero-order valence-corrected chi connectivity index (χ0v) is 35.5. The Morgan fingerprint density at radius 2 is 1.65 bits per heavy atom. The average molecular weight is 875 g/mol. The van der Waals surface area contributed by atoms with Gasteiger partial charge in [-0.2, -0.15) is 0 Å². The number of halogens is 2. The van der Waals surface area contributed by atoms with Gasteiger partial charge in [0.2, 0.25) is 11.8 Å².